The average Bonchev–Trinajstić information content (AvgIpc) is 2.26. The first-order valence-corrected chi connectivity index (χ1v) is 5.77. The Morgan fingerprint density at radius 1 is 1.38 bits per heavy atom. The first-order valence-electron chi connectivity index (χ1n) is 4.31. The molecule has 0 spiro atoms. The molecule has 0 unspecified atom stereocenters. The van der Waals surface area contributed by atoms with Crippen LogP contribution in [-0.2, 0) is 0 Å². The van der Waals surface area contributed by atoms with Gasteiger partial charge in [0.25, 0.3) is 0 Å². The van der Waals surface area contributed by atoms with Crippen LogP contribution in [0, 0.1) is 9.39 Å². The van der Waals surface area contributed by atoms with E-state index < -0.39 is 5.82 Å². The second kappa shape index (κ2) is 4.50. The average molecular weight is 350 g/mol. The molecule has 0 aliphatic carbocycles. The molecule has 0 fully saturated rings. The lowest BCUT2D eigenvalue weighted by Gasteiger charge is -2.03. The van der Waals surface area contributed by atoms with E-state index >= 15 is 0 Å². The van der Waals surface area contributed by atoms with Gasteiger partial charge in [-0.05, 0) is 40.8 Å². The second-order valence-electron chi connectivity index (χ2n) is 3.06. The maximum Gasteiger partial charge on any atom is 0.161 e. The monoisotopic (exact) mass is 349 g/mol. The summed E-state index contributed by atoms with van der Waals surface area (Å²) in [6.07, 6.45) is 1.59. The van der Waals surface area contributed by atoms with E-state index in [2.05, 4.69) is 9.97 Å². The Balaban J connectivity index is 2.50. The minimum atomic E-state index is -0.500. The number of benzene rings is 1. The molecule has 0 atom stereocenters. The smallest absolute Gasteiger partial charge is 0.161 e. The molecule has 0 aliphatic rings. The van der Waals surface area contributed by atoms with Crippen molar-refractivity contribution >= 4 is 40.0 Å². The number of nitrogens with two attached hydrogens (primary N) is 1. The van der Waals surface area contributed by atoms with Crippen molar-refractivity contribution in [3.63, 3.8) is 0 Å². The number of hydrogen-bond acceptors (Lipinski definition) is 3. The summed E-state index contributed by atoms with van der Waals surface area (Å²) in [4.78, 5) is 8.13. The van der Waals surface area contributed by atoms with Crippen molar-refractivity contribution in [1.29, 1.82) is 0 Å². The molecule has 0 amide bonds. The van der Waals surface area contributed by atoms with E-state index in [4.69, 9.17) is 17.3 Å². The molecule has 0 saturated carbocycles. The summed E-state index contributed by atoms with van der Waals surface area (Å²) in [5.74, 6) is 0.259. The fourth-order valence-electron chi connectivity index (χ4n) is 1.15. The topological polar surface area (TPSA) is 51.8 Å². The lowest BCUT2D eigenvalue weighted by molar-refractivity contribution is 0.628. The zero-order valence-electron chi connectivity index (χ0n) is 7.92. The van der Waals surface area contributed by atoms with Crippen LogP contribution in [-0.4, -0.2) is 9.97 Å². The third kappa shape index (κ3) is 2.25. The summed E-state index contributed by atoms with van der Waals surface area (Å²) in [6, 6.07) is 4.39. The number of anilines is 1. The predicted molar refractivity (Wildman–Crippen MR) is 69.6 cm³/mol. The van der Waals surface area contributed by atoms with Gasteiger partial charge in [0, 0.05) is 11.8 Å². The zero-order valence-corrected chi connectivity index (χ0v) is 10.8. The van der Waals surface area contributed by atoms with Crippen LogP contribution in [0.15, 0.2) is 24.4 Å². The van der Waals surface area contributed by atoms with Gasteiger partial charge in [0.1, 0.15) is 11.6 Å². The van der Waals surface area contributed by atoms with Crippen molar-refractivity contribution in [3.05, 3.63) is 38.8 Å². The van der Waals surface area contributed by atoms with E-state index in [9.17, 15) is 4.39 Å². The SMILES string of the molecule is Nc1nc(-c2ccc(Cl)c(F)c2)ncc1I. The van der Waals surface area contributed by atoms with Gasteiger partial charge in [0.15, 0.2) is 5.82 Å². The molecule has 2 rings (SSSR count). The maximum absolute atomic E-state index is 13.2. The van der Waals surface area contributed by atoms with Crippen LogP contribution in [0.3, 0.4) is 0 Å². The molecule has 2 aromatic rings. The Morgan fingerprint density at radius 2 is 2.12 bits per heavy atom. The molecule has 2 N–H and O–H groups in total. The van der Waals surface area contributed by atoms with Gasteiger partial charge in [-0.15, -0.1) is 0 Å². The van der Waals surface area contributed by atoms with E-state index in [1.54, 1.807) is 12.3 Å². The summed E-state index contributed by atoms with van der Waals surface area (Å²) in [7, 11) is 0. The molecule has 0 radical (unpaired) electrons. The van der Waals surface area contributed by atoms with Crippen molar-refractivity contribution in [2.75, 3.05) is 5.73 Å². The molecular weight excluding hydrogens is 343 g/mol. The Kier molecular flexibility index (Phi) is 3.25. The Labute approximate surface area is 110 Å². The van der Waals surface area contributed by atoms with Gasteiger partial charge < -0.3 is 5.73 Å². The van der Waals surface area contributed by atoms with Crippen LogP contribution in [0.5, 0.6) is 0 Å². The highest BCUT2D eigenvalue weighted by Gasteiger charge is 2.07. The highest BCUT2D eigenvalue weighted by atomic mass is 127. The first-order chi connectivity index (χ1) is 7.58. The zero-order chi connectivity index (χ0) is 11.7. The first kappa shape index (κ1) is 11.5. The number of hydrogen-bond donors (Lipinski definition) is 1. The highest BCUT2D eigenvalue weighted by Crippen LogP contribution is 2.23. The van der Waals surface area contributed by atoms with E-state index in [-0.39, 0.29) is 5.02 Å². The molecule has 6 heteroatoms. The standard InChI is InChI=1S/C10H6ClFIN3/c11-6-2-1-5(3-7(6)12)10-15-4-8(13)9(14)16-10/h1-4H,(H2,14,15,16). The number of nitrogen functional groups attached to an aromatic ring is 1. The van der Waals surface area contributed by atoms with Crippen LogP contribution in [0.1, 0.15) is 0 Å². The van der Waals surface area contributed by atoms with Crippen LogP contribution in [0.4, 0.5) is 10.2 Å². The van der Waals surface area contributed by atoms with E-state index in [0.717, 1.165) is 3.57 Å². The van der Waals surface area contributed by atoms with Crippen molar-refractivity contribution < 1.29 is 4.39 Å². The lowest BCUT2D eigenvalue weighted by Crippen LogP contribution is -1.98. The quantitative estimate of drug-likeness (QED) is 0.805. The Morgan fingerprint density at radius 3 is 2.75 bits per heavy atom. The fourth-order valence-corrected chi connectivity index (χ4v) is 1.53. The van der Waals surface area contributed by atoms with Gasteiger partial charge in [-0.2, -0.15) is 0 Å². The number of rotatable bonds is 1. The van der Waals surface area contributed by atoms with Crippen molar-refractivity contribution in [1.82, 2.24) is 9.97 Å². The number of aromatic nitrogens is 2. The van der Waals surface area contributed by atoms with Gasteiger partial charge in [-0.3, -0.25) is 0 Å². The van der Waals surface area contributed by atoms with Crippen molar-refractivity contribution in [2.45, 2.75) is 0 Å². The van der Waals surface area contributed by atoms with E-state index in [1.165, 1.54) is 12.1 Å². The molecule has 0 saturated heterocycles. The Hall–Kier alpha value is -0.950. The van der Waals surface area contributed by atoms with Gasteiger partial charge >= 0.3 is 0 Å². The summed E-state index contributed by atoms with van der Waals surface area (Å²) >= 11 is 7.61. The molecule has 82 valence electrons. The molecule has 0 bridgehead atoms. The number of nitrogens with zero attached hydrogens (tertiary/aromatic N) is 2. The third-order valence-corrected chi connectivity index (χ3v) is 3.09. The fraction of sp³-hybridized carbons (Fsp3) is 0. The second-order valence-corrected chi connectivity index (χ2v) is 4.63. The Bertz CT molecular complexity index is 498. The van der Waals surface area contributed by atoms with Crippen LogP contribution >= 0.6 is 34.2 Å². The summed E-state index contributed by atoms with van der Waals surface area (Å²) in [5, 5.41) is 0.0715. The molecule has 16 heavy (non-hydrogen) atoms. The molecule has 0 aliphatic heterocycles. The van der Waals surface area contributed by atoms with Gasteiger partial charge in [-0.25, -0.2) is 14.4 Å². The van der Waals surface area contributed by atoms with E-state index in [1.807, 2.05) is 22.6 Å². The number of halogens is 3. The normalized spacial score (nSPS) is 10.4. The third-order valence-electron chi connectivity index (χ3n) is 1.95. The summed E-state index contributed by atoms with van der Waals surface area (Å²) in [5.41, 5.74) is 6.19. The predicted octanol–water partition coefficient (Wildman–Crippen LogP) is 3.12. The van der Waals surface area contributed by atoms with E-state index in [0.29, 0.717) is 17.2 Å². The van der Waals surface area contributed by atoms with Crippen molar-refractivity contribution in [2.24, 2.45) is 0 Å². The minimum absolute atomic E-state index is 0.0715. The molecule has 1 aromatic heterocycles. The van der Waals surface area contributed by atoms with Crippen LogP contribution in [0.25, 0.3) is 11.4 Å². The molecule has 1 aromatic carbocycles. The minimum Gasteiger partial charge on any atom is -0.383 e. The highest BCUT2D eigenvalue weighted by molar-refractivity contribution is 14.1. The summed E-state index contributed by atoms with van der Waals surface area (Å²) in [6.45, 7) is 0. The summed E-state index contributed by atoms with van der Waals surface area (Å²) < 4.78 is 14.0. The lowest BCUT2D eigenvalue weighted by atomic mass is 10.2. The van der Waals surface area contributed by atoms with Gasteiger partial charge in [0.2, 0.25) is 0 Å². The molecule has 3 nitrogen and oxygen atoms in total. The van der Waals surface area contributed by atoms with Crippen molar-refractivity contribution in [3.8, 4) is 11.4 Å². The van der Waals surface area contributed by atoms with Crippen LogP contribution in [0.2, 0.25) is 5.02 Å². The van der Waals surface area contributed by atoms with Gasteiger partial charge in [0.05, 0.1) is 8.59 Å². The largest absolute Gasteiger partial charge is 0.383 e. The maximum atomic E-state index is 13.2. The van der Waals surface area contributed by atoms with Gasteiger partial charge in [-0.1, -0.05) is 11.6 Å². The van der Waals surface area contributed by atoms with Crippen LogP contribution < -0.4 is 5.73 Å². The molecular formula is C10H6ClFIN3. The molecule has 1 heterocycles.